The Balaban J connectivity index is 1.94. The van der Waals surface area contributed by atoms with Crippen molar-refractivity contribution in [1.82, 2.24) is 15.0 Å². The number of halogens is 1. The molecule has 7 heteroatoms. The fraction of sp³-hybridized carbons (Fsp3) is 0.222. The van der Waals surface area contributed by atoms with Gasteiger partial charge in [0.25, 0.3) is 0 Å². The molecule has 0 saturated heterocycles. The van der Waals surface area contributed by atoms with Gasteiger partial charge in [-0.2, -0.15) is 0 Å². The summed E-state index contributed by atoms with van der Waals surface area (Å²) >= 11 is 7.94. The van der Waals surface area contributed by atoms with Crippen molar-refractivity contribution in [2.24, 2.45) is 0 Å². The highest BCUT2D eigenvalue weighted by molar-refractivity contribution is 7.21. The number of nitrogens with zero attached hydrogens (tertiary/aromatic N) is 2. The number of imidazole rings is 1. The Morgan fingerprint density at radius 3 is 2.72 bits per heavy atom. The monoisotopic (exact) mass is 373 g/mol. The number of thiazole rings is 1. The van der Waals surface area contributed by atoms with Gasteiger partial charge >= 0.3 is 0 Å². The normalized spacial score (nSPS) is 11.5. The fourth-order valence-corrected chi connectivity index (χ4v) is 4.22. The van der Waals surface area contributed by atoms with Gasteiger partial charge in [0, 0.05) is 18.7 Å². The number of methoxy groups -OCH3 is 2. The minimum atomic E-state index is 0.441. The number of H-pyrrole nitrogens is 1. The first-order valence-electron chi connectivity index (χ1n) is 7.71. The molecule has 1 N–H and O–H groups in total. The van der Waals surface area contributed by atoms with E-state index in [2.05, 4.69) is 29.0 Å². The molecule has 0 bridgehead atoms. The third kappa shape index (κ3) is 2.86. The summed E-state index contributed by atoms with van der Waals surface area (Å²) in [5, 5.41) is 1.47. The van der Waals surface area contributed by atoms with E-state index in [0.717, 1.165) is 49.0 Å². The van der Waals surface area contributed by atoms with Crippen molar-refractivity contribution in [2.75, 3.05) is 14.2 Å². The second-order valence-electron chi connectivity index (χ2n) is 5.80. The standard InChI is InChI=1S/C18H16ClN3O2S/c1-9-4-11(16-13(5-9)20-15(21-16)8-23-2)18-22-17-12(19)6-10(24-3)7-14(17)25-18/h4-7H,8H2,1-3H3,(H,20,21). The molecule has 2 heterocycles. The lowest BCUT2D eigenvalue weighted by molar-refractivity contribution is 0.179. The van der Waals surface area contributed by atoms with Crippen molar-refractivity contribution in [3.63, 3.8) is 0 Å². The molecule has 0 spiro atoms. The highest BCUT2D eigenvalue weighted by Gasteiger charge is 2.16. The number of aromatic amines is 1. The van der Waals surface area contributed by atoms with Gasteiger partial charge in [-0.05, 0) is 30.7 Å². The molecule has 0 unspecified atom stereocenters. The molecule has 2 aromatic carbocycles. The van der Waals surface area contributed by atoms with Crippen molar-refractivity contribution in [3.8, 4) is 16.3 Å². The van der Waals surface area contributed by atoms with Crippen LogP contribution in [0.15, 0.2) is 24.3 Å². The molecule has 4 rings (SSSR count). The average molecular weight is 374 g/mol. The van der Waals surface area contributed by atoms with Crippen LogP contribution in [0, 0.1) is 6.92 Å². The number of fused-ring (bicyclic) bond motifs is 2. The van der Waals surface area contributed by atoms with Gasteiger partial charge in [0.15, 0.2) is 0 Å². The molecule has 5 nitrogen and oxygen atoms in total. The number of ether oxygens (including phenoxy) is 2. The maximum atomic E-state index is 6.36. The highest BCUT2D eigenvalue weighted by Crippen LogP contribution is 2.38. The molecule has 2 aromatic heterocycles. The molecular formula is C18H16ClN3O2S. The van der Waals surface area contributed by atoms with E-state index in [-0.39, 0.29) is 0 Å². The number of nitrogens with one attached hydrogen (secondary N) is 1. The van der Waals surface area contributed by atoms with Crippen LogP contribution in [-0.4, -0.2) is 29.2 Å². The molecule has 0 radical (unpaired) electrons. The zero-order chi connectivity index (χ0) is 17.6. The smallest absolute Gasteiger partial charge is 0.133 e. The molecule has 0 fully saturated rings. The molecule has 0 aliphatic rings. The molecule has 128 valence electrons. The predicted molar refractivity (Wildman–Crippen MR) is 102 cm³/mol. The van der Waals surface area contributed by atoms with E-state index in [1.165, 1.54) is 0 Å². The summed E-state index contributed by atoms with van der Waals surface area (Å²) in [5.74, 6) is 1.52. The number of hydrogen-bond acceptors (Lipinski definition) is 5. The van der Waals surface area contributed by atoms with Crippen molar-refractivity contribution in [1.29, 1.82) is 0 Å². The van der Waals surface area contributed by atoms with Crippen LogP contribution in [0.1, 0.15) is 11.4 Å². The van der Waals surface area contributed by atoms with E-state index in [1.807, 2.05) is 6.07 Å². The summed E-state index contributed by atoms with van der Waals surface area (Å²) in [6.45, 7) is 2.50. The largest absolute Gasteiger partial charge is 0.497 e. The third-order valence-corrected chi connectivity index (χ3v) is 5.27. The van der Waals surface area contributed by atoms with Crippen LogP contribution >= 0.6 is 22.9 Å². The first-order chi connectivity index (χ1) is 12.1. The van der Waals surface area contributed by atoms with Crippen LogP contribution in [0.25, 0.3) is 31.8 Å². The summed E-state index contributed by atoms with van der Waals surface area (Å²) in [7, 11) is 3.28. The Morgan fingerprint density at radius 1 is 1.12 bits per heavy atom. The lowest BCUT2D eigenvalue weighted by atomic mass is 10.1. The van der Waals surface area contributed by atoms with Gasteiger partial charge in [-0.1, -0.05) is 11.6 Å². The van der Waals surface area contributed by atoms with Gasteiger partial charge in [0.05, 0.1) is 27.9 Å². The van der Waals surface area contributed by atoms with Gasteiger partial charge < -0.3 is 14.5 Å². The Kier molecular flexibility index (Phi) is 4.11. The van der Waals surface area contributed by atoms with Crippen molar-refractivity contribution in [2.45, 2.75) is 13.5 Å². The molecule has 25 heavy (non-hydrogen) atoms. The maximum Gasteiger partial charge on any atom is 0.133 e. The molecule has 4 aromatic rings. The third-order valence-electron chi connectivity index (χ3n) is 3.95. The quantitative estimate of drug-likeness (QED) is 0.549. The SMILES string of the molecule is COCc1nc2c(-c3nc4c(Cl)cc(OC)cc4s3)cc(C)cc2[nH]1. The fourth-order valence-electron chi connectivity index (χ4n) is 2.88. The Morgan fingerprint density at radius 2 is 1.96 bits per heavy atom. The second kappa shape index (κ2) is 6.29. The lowest BCUT2D eigenvalue weighted by Crippen LogP contribution is -1.88. The highest BCUT2D eigenvalue weighted by atomic mass is 35.5. The number of benzene rings is 2. The first-order valence-corrected chi connectivity index (χ1v) is 8.91. The number of aryl methyl sites for hydroxylation is 1. The Hall–Kier alpha value is -2.15. The average Bonchev–Trinajstić information content (AvgIpc) is 3.18. The molecule has 0 aliphatic heterocycles. The van der Waals surface area contributed by atoms with Crippen molar-refractivity contribution in [3.05, 3.63) is 40.7 Å². The van der Waals surface area contributed by atoms with Gasteiger partial charge in [0.1, 0.15) is 28.7 Å². The second-order valence-corrected chi connectivity index (χ2v) is 7.24. The molecule has 0 aliphatic carbocycles. The molecule has 0 amide bonds. The summed E-state index contributed by atoms with van der Waals surface area (Å²) in [5.41, 5.74) is 4.78. The summed E-state index contributed by atoms with van der Waals surface area (Å²) < 4.78 is 11.5. The number of rotatable bonds is 4. The van der Waals surface area contributed by atoms with E-state index in [4.69, 9.17) is 26.1 Å². The van der Waals surface area contributed by atoms with Gasteiger partial charge in [-0.15, -0.1) is 11.3 Å². The zero-order valence-corrected chi connectivity index (χ0v) is 15.6. The first kappa shape index (κ1) is 16.3. The van der Waals surface area contributed by atoms with E-state index in [9.17, 15) is 0 Å². The summed E-state index contributed by atoms with van der Waals surface area (Å²) in [6, 6.07) is 7.91. The topological polar surface area (TPSA) is 60.0 Å². The van der Waals surface area contributed by atoms with E-state index in [1.54, 1.807) is 31.6 Å². The minimum absolute atomic E-state index is 0.441. The predicted octanol–water partition coefficient (Wildman–Crippen LogP) is 4.96. The van der Waals surface area contributed by atoms with Gasteiger partial charge in [-0.25, -0.2) is 9.97 Å². The van der Waals surface area contributed by atoms with Crippen molar-refractivity contribution >= 4 is 44.2 Å². The zero-order valence-electron chi connectivity index (χ0n) is 14.0. The Bertz CT molecular complexity index is 1090. The molecule has 0 saturated carbocycles. The van der Waals surface area contributed by atoms with E-state index >= 15 is 0 Å². The van der Waals surface area contributed by atoms with E-state index < -0.39 is 0 Å². The van der Waals surface area contributed by atoms with Gasteiger partial charge in [-0.3, -0.25) is 0 Å². The maximum absolute atomic E-state index is 6.36. The van der Waals surface area contributed by atoms with Crippen LogP contribution < -0.4 is 4.74 Å². The summed E-state index contributed by atoms with van der Waals surface area (Å²) in [4.78, 5) is 12.7. The molecule has 0 atom stereocenters. The Labute approximate surface area is 153 Å². The molecular weight excluding hydrogens is 358 g/mol. The number of hydrogen-bond donors (Lipinski definition) is 1. The van der Waals surface area contributed by atoms with Crippen LogP contribution in [0.4, 0.5) is 0 Å². The minimum Gasteiger partial charge on any atom is -0.497 e. The lowest BCUT2D eigenvalue weighted by Gasteiger charge is -2.00. The number of aromatic nitrogens is 3. The van der Waals surface area contributed by atoms with Crippen LogP contribution in [0.5, 0.6) is 5.75 Å². The van der Waals surface area contributed by atoms with Crippen LogP contribution in [0.2, 0.25) is 5.02 Å². The van der Waals surface area contributed by atoms with Gasteiger partial charge in [0.2, 0.25) is 0 Å². The van der Waals surface area contributed by atoms with Crippen LogP contribution in [-0.2, 0) is 11.3 Å². The van der Waals surface area contributed by atoms with Crippen LogP contribution in [0.3, 0.4) is 0 Å². The van der Waals surface area contributed by atoms with E-state index in [0.29, 0.717) is 11.6 Å². The van der Waals surface area contributed by atoms with Crippen molar-refractivity contribution < 1.29 is 9.47 Å². The summed E-state index contributed by atoms with van der Waals surface area (Å²) in [6.07, 6.45) is 0.